The molecule has 1 saturated heterocycles. The minimum absolute atomic E-state index is 0.118. The van der Waals surface area contributed by atoms with Crippen LogP contribution in [0.3, 0.4) is 0 Å². The van der Waals surface area contributed by atoms with Crippen molar-refractivity contribution in [2.24, 2.45) is 0 Å². The lowest BCUT2D eigenvalue weighted by Gasteiger charge is -2.36. The summed E-state index contributed by atoms with van der Waals surface area (Å²) in [4.78, 5) is 4.66. The summed E-state index contributed by atoms with van der Waals surface area (Å²) in [6, 6.07) is 15.3. The third kappa shape index (κ3) is 4.67. The summed E-state index contributed by atoms with van der Waals surface area (Å²) >= 11 is 5.11. The van der Waals surface area contributed by atoms with Gasteiger partial charge in [0, 0.05) is 56.7 Å². The molecule has 0 saturated carbocycles. The van der Waals surface area contributed by atoms with Crippen molar-refractivity contribution in [1.29, 1.82) is 0 Å². The molecule has 0 amide bonds. The molecule has 0 aromatic heterocycles. The van der Waals surface area contributed by atoms with Gasteiger partial charge in [-0.25, -0.2) is 4.39 Å². The summed E-state index contributed by atoms with van der Waals surface area (Å²) in [5.74, 6) is -0.118. The first kappa shape index (κ1) is 17.6. The lowest BCUT2D eigenvalue weighted by Crippen LogP contribution is -2.46. The van der Waals surface area contributed by atoms with Crippen molar-refractivity contribution in [3.05, 3.63) is 59.9 Å². The Kier molecular flexibility index (Phi) is 5.83. The van der Waals surface area contributed by atoms with Gasteiger partial charge in [-0.2, -0.15) is 0 Å². The Bertz CT molecular complexity index is 712. The average Bonchev–Trinajstić information content (AvgIpc) is 2.65. The largest absolute Gasteiger partial charge is 0.369 e. The van der Waals surface area contributed by atoms with Crippen molar-refractivity contribution >= 4 is 28.7 Å². The number of thiocarbonyl (C=S) groups is 1. The van der Waals surface area contributed by atoms with E-state index < -0.39 is 0 Å². The minimum Gasteiger partial charge on any atom is -0.369 e. The highest BCUT2D eigenvalue weighted by Gasteiger charge is 2.18. The third-order valence-corrected chi connectivity index (χ3v) is 4.75. The van der Waals surface area contributed by atoms with E-state index in [2.05, 4.69) is 32.6 Å². The number of benzene rings is 2. The smallest absolute Gasteiger partial charge is 0.170 e. The molecule has 1 fully saturated rings. The van der Waals surface area contributed by atoms with E-state index in [0.717, 1.165) is 37.4 Å². The number of halogens is 1. The molecule has 0 bridgehead atoms. The zero-order valence-corrected chi connectivity index (χ0v) is 15.2. The van der Waals surface area contributed by atoms with Gasteiger partial charge in [0.2, 0.25) is 0 Å². The van der Waals surface area contributed by atoms with Crippen LogP contribution in [0.2, 0.25) is 0 Å². The van der Waals surface area contributed by atoms with Gasteiger partial charge in [-0.3, -0.25) is 4.90 Å². The Labute approximate surface area is 153 Å². The SMILES string of the molecule is CNC(=S)Nc1ccc(N2CCN(Cc3ccccc3F)CC2)cc1. The molecule has 0 aliphatic carbocycles. The van der Waals surface area contributed by atoms with Gasteiger partial charge in [0.05, 0.1) is 0 Å². The highest BCUT2D eigenvalue weighted by molar-refractivity contribution is 7.80. The molecule has 1 heterocycles. The van der Waals surface area contributed by atoms with E-state index in [1.165, 1.54) is 11.8 Å². The van der Waals surface area contributed by atoms with Crippen molar-refractivity contribution in [2.45, 2.75) is 6.54 Å². The van der Waals surface area contributed by atoms with Crippen LogP contribution in [0.1, 0.15) is 5.56 Å². The topological polar surface area (TPSA) is 30.5 Å². The van der Waals surface area contributed by atoms with Crippen LogP contribution in [0.5, 0.6) is 0 Å². The quantitative estimate of drug-likeness (QED) is 0.821. The summed E-state index contributed by atoms with van der Waals surface area (Å²) in [7, 11) is 1.80. The molecule has 4 nitrogen and oxygen atoms in total. The molecule has 0 spiro atoms. The monoisotopic (exact) mass is 358 g/mol. The number of rotatable bonds is 4. The number of nitrogens with one attached hydrogen (secondary N) is 2. The second kappa shape index (κ2) is 8.27. The van der Waals surface area contributed by atoms with Crippen molar-refractivity contribution in [3.8, 4) is 0 Å². The van der Waals surface area contributed by atoms with Crippen molar-refractivity contribution in [2.75, 3.05) is 43.4 Å². The van der Waals surface area contributed by atoms with E-state index in [1.54, 1.807) is 13.1 Å². The van der Waals surface area contributed by atoms with E-state index >= 15 is 0 Å². The van der Waals surface area contributed by atoms with Crippen LogP contribution in [0.15, 0.2) is 48.5 Å². The molecule has 132 valence electrons. The van der Waals surface area contributed by atoms with Gasteiger partial charge < -0.3 is 15.5 Å². The number of piperazine rings is 1. The van der Waals surface area contributed by atoms with Crippen LogP contribution in [0.4, 0.5) is 15.8 Å². The van der Waals surface area contributed by atoms with E-state index in [-0.39, 0.29) is 5.82 Å². The first-order chi connectivity index (χ1) is 12.2. The lowest BCUT2D eigenvalue weighted by molar-refractivity contribution is 0.246. The first-order valence-corrected chi connectivity index (χ1v) is 8.86. The Morgan fingerprint density at radius 1 is 1.04 bits per heavy atom. The zero-order chi connectivity index (χ0) is 17.6. The van der Waals surface area contributed by atoms with Gasteiger partial charge in [-0.1, -0.05) is 18.2 Å². The Balaban J connectivity index is 1.53. The number of hydrogen-bond donors (Lipinski definition) is 2. The first-order valence-electron chi connectivity index (χ1n) is 8.45. The molecule has 3 rings (SSSR count). The molecule has 0 unspecified atom stereocenters. The highest BCUT2D eigenvalue weighted by atomic mass is 32.1. The summed E-state index contributed by atoms with van der Waals surface area (Å²) in [5, 5.41) is 6.62. The summed E-state index contributed by atoms with van der Waals surface area (Å²) in [6.07, 6.45) is 0. The predicted octanol–water partition coefficient (Wildman–Crippen LogP) is 3.06. The van der Waals surface area contributed by atoms with Crippen LogP contribution in [0, 0.1) is 5.82 Å². The second-order valence-electron chi connectivity index (χ2n) is 6.11. The van der Waals surface area contributed by atoms with Gasteiger partial charge in [-0.15, -0.1) is 0 Å². The molecule has 2 aromatic carbocycles. The number of nitrogens with zero attached hydrogens (tertiary/aromatic N) is 2. The number of hydrogen-bond acceptors (Lipinski definition) is 3. The molecule has 25 heavy (non-hydrogen) atoms. The van der Waals surface area contributed by atoms with Crippen molar-refractivity contribution < 1.29 is 4.39 Å². The van der Waals surface area contributed by atoms with E-state index in [9.17, 15) is 4.39 Å². The predicted molar refractivity (Wildman–Crippen MR) is 106 cm³/mol. The van der Waals surface area contributed by atoms with Crippen LogP contribution >= 0.6 is 12.2 Å². The van der Waals surface area contributed by atoms with E-state index in [1.807, 2.05) is 24.3 Å². The van der Waals surface area contributed by atoms with Crippen LogP contribution in [-0.2, 0) is 6.54 Å². The Morgan fingerprint density at radius 2 is 1.72 bits per heavy atom. The fraction of sp³-hybridized carbons (Fsp3) is 0.316. The second-order valence-corrected chi connectivity index (χ2v) is 6.51. The van der Waals surface area contributed by atoms with Crippen molar-refractivity contribution in [3.63, 3.8) is 0 Å². The molecule has 1 aliphatic heterocycles. The van der Waals surface area contributed by atoms with Gasteiger partial charge in [0.25, 0.3) is 0 Å². The van der Waals surface area contributed by atoms with Gasteiger partial charge in [-0.05, 0) is 42.5 Å². The molecule has 2 N–H and O–H groups in total. The molecular weight excluding hydrogens is 335 g/mol. The summed E-state index contributed by atoms with van der Waals surface area (Å²) in [6.45, 7) is 4.41. The lowest BCUT2D eigenvalue weighted by atomic mass is 10.1. The molecule has 1 aliphatic rings. The molecule has 2 aromatic rings. The normalized spacial score (nSPS) is 15.0. The maximum absolute atomic E-state index is 13.8. The van der Waals surface area contributed by atoms with Crippen molar-refractivity contribution in [1.82, 2.24) is 10.2 Å². The average molecular weight is 358 g/mol. The Hall–Kier alpha value is -2.18. The standard InChI is InChI=1S/C19H23FN4S/c1-21-19(25)22-16-6-8-17(9-7-16)24-12-10-23(11-13-24)14-15-4-2-3-5-18(15)20/h2-9H,10-14H2,1H3,(H2,21,22,25). The summed E-state index contributed by atoms with van der Waals surface area (Å²) in [5.41, 5.74) is 2.94. The van der Waals surface area contributed by atoms with Crippen LogP contribution < -0.4 is 15.5 Å². The minimum atomic E-state index is -0.118. The Morgan fingerprint density at radius 3 is 2.36 bits per heavy atom. The molecule has 0 atom stereocenters. The maximum Gasteiger partial charge on any atom is 0.170 e. The zero-order valence-electron chi connectivity index (χ0n) is 14.3. The fourth-order valence-electron chi connectivity index (χ4n) is 2.98. The van der Waals surface area contributed by atoms with Crippen LogP contribution in [-0.4, -0.2) is 43.2 Å². The third-order valence-electron chi connectivity index (χ3n) is 4.44. The fourth-order valence-corrected chi connectivity index (χ4v) is 3.10. The maximum atomic E-state index is 13.8. The van der Waals surface area contributed by atoms with Crippen LogP contribution in [0.25, 0.3) is 0 Å². The van der Waals surface area contributed by atoms with Gasteiger partial charge in [0.15, 0.2) is 5.11 Å². The van der Waals surface area contributed by atoms with Gasteiger partial charge in [0.1, 0.15) is 5.82 Å². The van der Waals surface area contributed by atoms with E-state index in [0.29, 0.717) is 11.7 Å². The molecular formula is C19H23FN4S. The molecule has 6 heteroatoms. The van der Waals surface area contributed by atoms with E-state index in [4.69, 9.17) is 12.2 Å². The molecule has 0 radical (unpaired) electrons. The summed E-state index contributed by atoms with van der Waals surface area (Å²) < 4.78 is 13.8. The number of anilines is 2. The highest BCUT2D eigenvalue weighted by Crippen LogP contribution is 2.20. The van der Waals surface area contributed by atoms with Gasteiger partial charge >= 0.3 is 0 Å².